The van der Waals surface area contributed by atoms with Gasteiger partial charge in [0.2, 0.25) is 5.91 Å². The Labute approximate surface area is 119 Å². The van der Waals surface area contributed by atoms with Gasteiger partial charge in [-0.15, -0.1) is 0 Å². The van der Waals surface area contributed by atoms with Gasteiger partial charge in [0.05, 0.1) is 5.92 Å². The zero-order valence-electron chi connectivity index (χ0n) is 10.3. The highest BCUT2D eigenvalue weighted by atomic mass is 79.9. The van der Waals surface area contributed by atoms with E-state index in [9.17, 15) is 9.59 Å². The smallest absolute Gasteiger partial charge is 0.306 e. The van der Waals surface area contributed by atoms with E-state index in [1.54, 1.807) is 18.2 Å². The van der Waals surface area contributed by atoms with Gasteiger partial charge in [0.25, 0.3) is 0 Å². The number of amides is 1. The predicted octanol–water partition coefficient (Wildman–Crippen LogP) is 2.67. The van der Waals surface area contributed by atoms with Gasteiger partial charge in [-0.2, -0.15) is 0 Å². The summed E-state index contributed by atoms with van der Waals surface area (Å²) in [4.78, 5) is 27.0. The zero-order chi connectivity index (χ0) is 13.8. The zero-order valence-corrected chi connectivity index (χ0v) is 11.9. The molecule has 0 bridgehead atoms. The molecule has 1 aromatic rings. The molecule has 0 unspecified atom stereocenters. The minimum absolute atomic E-state index is 0.0746. The van der Waals surface area contributed by atoms with Gasteiger partial charge < -0.3 is 10.4 Å². The van der Waals surface area contributed by atoms with Crippen LogP contribution >= 0.6 is 15.9 Å². The second kappa shape index (κ2) is 6.14. The van der Waals surface area contributed by atoms with E-state index in [1.807, 2.05) is 0 Å². The molecular formula is C13H15BrN2O3. The van der Waals surface area contributed by atoms with Crippen LogP contribution in [0, 0.1) is 11.8 Å². The molecule has 1 saturated carbocycles. The van der Waals surface area contributed by atoms with Crippen molar-refractivity contribution in [3.63, 3.8) is 0 Å². The molecule has 0 radical (unpaired) electrons. The van der Waals surface area contributed by atoms with E-state index in [0.717, 1.165) is 0 Å². The summed E-state index contributed by atoms with van der Waals surface area (Å²) in [6.07, 6.45) is 2.38. The average Bonchev–Trinajstić information content (AvgIpc) is 2.39. The molecule has 0 atom stereocenters. The highest BCUT2D eigenvalue weighted by Crippen LogP contribution is 2.29. The molecule has 2 rings (SSSR count). The highest BCUT2D eigenvalue weighted by Gasteiger charge is 2.29. The maximum atomic E-state index is 12.0. The molecule has 1 aliphatic carbocycles. The van der Waals surface area contributed by atoms with Crippen LogP contribution in [-0.2, 0) is 9.59 Å². The number of carbonyl (C=O) groups excluding carboxylic acids is 1. The van der Waals surface area contributed by atoms with Crippen LogP contribution in [0.25, 0.3) is 0 Å². The highest BCUT2D eigenvalue weighted by molar-refractivity contribution is 9.10. The summed E-state index contributed by atoms with van der Waals surface area (Å²) < 4.78 is 0.667. The van der Waals surface area contributed by atoms with E-state index in [4.69, 9.17) is 5.11 Å². The van der Waals surface area contributed by atoms with Crippen molar-refractivity contribution in [2.75, 3.05) is 5.32 Å². The fourth-order valence-corrected chi connectivity index (χ4v) is 2.65. The number of anilines is 1. The molecule has 1 aliphatic rings. The van der Waals surface area contributed by atoms with Gasteiger partial charge in [0, 0.05) is 5.92 Å². The first-order valence-corrected chi connectivity index (χ1v) is 7.02. The third-order valence-electron chi connectivity index (χ3n) is 3.41. The lowest BCUT2D eigenvalue weighted by Gasteiger charge is -2.25. The molecule has 1 fully saturated rings. The van der Waals surface area contributed by atoms with E-state index in [1.165, 1.54) is 0 Å². The van der Waals surface area contributed by atoms with Gasteiger partial charge in [0.15, 0.2) is 0 Å². The third kappa shape index (κ3) is 3.76. The SMILES string of the molecule is O=C(O)C1CCC(C(=O)Nc2cccc(Br)n2)CC1. The Bertz CT molecular complexity index is 485. The quantitative estimate of drug-likeness (QED) is 0.837. The van der Waals surface area contributed by atoms with E-state index in [2.05, 4.69) is 26.2 Å². The molecule has 5 nitrogen and oxygen atoms in total. The van der Waals surface area contributed by atoms with Crippen molar-refractivity contribution in [1.82, 2.24) is 4.98 Å². The van der Waals surface area contributed by atoms with E-state index in [0.29, 0.717) is 36.1 Å². The van der Waals surface area contributed by atoms with Crippen LogP contribution in [0.15, 0.2) is 22.8 Å². The number of aromatic nitrogens is 1. The number of nitrogens with one attached hydrogen (secondary N) is 1. The number of rotatable bonds is 3. The molecule has 0 saturated heterocycles. The van der Waals surface area contributed by atoms with Crippen LogP contribution in [0.5, 0.6) is 0 Å². The molecule has 1 amide bonds. The number of carboxylic acid groups (broad SMARTS) is 1. The molecule has 2 N–H and O–H groups in total. The number of pyridine rings is 1. The topological polar surface area (TPSA) is 79.3 Å². The Morgan fingerprint density at radius 1 is 1.21 bits per heavy atom. The number of nitrogens with zero attached hydrogens (tertiary/aromatic N) is 1. The van der Waals surface area contributed by atoms with Gasteiger partial charge in [0.1, 0.15) is 10.4 Å². The van der Waals surface area contributed by atoms with Crippen LogP contribution in [0.3, 0.4) is 0 Å². The largest absolute Gasteiger partial charge is 0.481 e. The minimum atomic E-state index is -0.757. The summed E-state index contributed by atoms with van der Waals surface area (Å²) in [6.45, 7) is 0. The molecule has 6 heteroatoms. The van der Waals surface area contributed by atoms with Gasteiger partial charge in [-0.1, -0.05) is 6.07 Å². The lowest BCUT2D eigenvalue weighted by atomic mass is 9.81. The lowest BCUT2D eigenvalue weighted by molar-refractivity contribution is -0.143. The van der Waals surface area contributed by atoms with Gasteiger partial charge in [-0.25, -0.2) is 4.98 Å². The van der Waals surface area contributed by atoms with Gasteiger partial charge in [-0.05, 0) is 53.7 Å². The van der Waals surface area contributed by atoms with Crippen LogP contribution in [0.2, 0.25) is 0 Å². The van der Waals surface area contributed by atoms with Crippen molar-refractivity contribution in [1.29, 1.82) is 0 Å². The fraction of sp³-hybridized carbons (Fsp3) is 0.462. The standard InChI is InChI=1S/C13H15BrN2O3/c14-10-2-1-3-11(15-10)16-12(17)8-4-6-9(7-5-8)13(18)19/h1-3,8-9H,4-7H2,(H,18,19)(H,15,16,17). The number of halogens is 1. The summed E-state index contributed by atoms with van der Waals surface area (Å²) in [7, 11) is 0. The van der Waals surface area contributed by atoms with Crippen molar-refractivity contribution in [2.45, 2.75) is 25.7 Å². The first-order valence-electron chi connectivity index (χ1n) is 6.22. The van der Waals surface area contributed by atoms with E-state index < -0.39 is 5.97 Å². The number of carboxylic acids is 1. The molecule has 19 heavy (non-hydrogen) atoms. The van der Waals surface area contributed by atoms with Crippen molar-refractivity contribution < 1.29 is 14.7 Å². The fourth-order valence-electron chi connectivity index (χ4n) is 2.31. The maximum absolute atomic E-state index is 12.0. The van der Waals surface area contributed by atoms with Gasteiger partial charge >= 0.3 is 5.97 Å². The summed E-state index contributed by atoms with van der Waals surface area (Å²) >= 11 is 3.24. The van der Waals surface area contributed by atoms with Crippen molar-refractivity contribution >= 4 is 33.6 Å². The summed E-state index contributed by atoms with van der Waals surface area (Å²) in [5.41, 5.74) is 0. The second-order valence-corrected chi connectivity index (χ2v) is 5.53. The van der Waals surface area contributed by atoms with Crippen LogP contribution in [0.1, 0.15) is 25.7 Å². The van der Waals surface area contributed by atoms with Crippen LogP contribution < -0.4 is 5.32 Å². The monoisotopic (exact) mass is 326 g/mol. The Hall–Kier alpha value is -1.43. The number of aliphatic carboxylic acids is 1. The van der Waals surface area contributed by atoms with Crippen LogP contribution in [0.4, 0.5) is 5.82 Å². The maximum Gasteiger partial charge on any atom is 0.306 e. The van der Waals surface area contributed by atoms with Crippen molar-refractivity contribution in [3.8, 4) is 0 Å². The summed E-state index contributed by atoms with van der Waals surface area (Å²) in [5, 5.41) is 11.7. The number of hydrogen-bond acceptors (Lipinski definition) is 3. The van der Waals surface area contributed by atoms with E-state index in [-0.39, 0.29) is 17.7 Å². The third-order valence-corrected chi connectivity index (χ3v) is 3.86. The molecule has 0 spiro atoms. The molecule has 102 valence electrons. The molecule has 0 aliphatic heterocycles. The average molecular weight is 327 g/mol. The Balaban J connectivity index is 1.90. The Kier molecular flexibility index (Phi) is 4.52. The van der Waals surface area contributed by atoms with Gasteiger partial charge in [-0.3, -0.25) is 9.59 Å². The number of carbonyl (C=O) groups is 2. The Morgan fingerprint density at radius 2 is 1.84 bits per heavy atom. The van der Waals surface area contributed by atoms with Crippen molar-refractivity contribution in [3.05, 3.63) is 22.8 Å². The predicted molar refractivity (Wildman–Crippen MR) is 73.7 cm³/mol. The summed E-state index contributed by atoms with van der Waals surface area (Å²) in [5.74, 6) is -0.730. The first kappa shape index (κ1) is 14.0. The minimum Gasteiger partial charge on any atom is -0.481 e. The number of hydrogen-bond donors (Lipinski definition) is 2. The van der Waals surface area contributed by atoms with Crippen LogP contribution in [-0.4, -0.2) is 22.0 Å². The Morgan fingerprint density at radius 3 is 2.42 bits per heavy atom. The lowest BCUT2D eigenvalue weighted by Crippen LogP contribution is -2.29. The van der Waals surface area contributed by atoms with E-state index >= 15 is 0 Å². The summed E-state index contributed by atoms with van der Waals surface area (Å²) in [6, 6.07) is 5.31. The first-order chi connectivity index (χ1) is 9.06. The molecule has 1 aromatic heterocycles. The molecule has 0 aromatic carbocycles. The normalized spacial score (nSPS) is 22.8. The second-order valence-electron chi connectivity index (χ2n) is 4.72. The molecule has 1 heterocycles. The van der Waals surface area contributed by atoms with Crippen molar-refractivity contribution in [2.24, 2.45) is 11.8 Å². The molecular weight excluding hydrogens is 312 g/mol.